The minimum Gasteiger partial charge on any atom is -0.481 e. The first-order chi connectivity index (χ1) is 21.8. The van der Waals surface area contributed by atoms with Gasteiger partial charge in [-0.05, 0) is 55.5 Å². The molecule has 1 aromatic carbocycles. The van der Waals surface area contributed by atoms with Crippen LogP contribution in [0.4, 0.5) is 11.6 Å². The number of hydrogen-bond donors (Lipinski definition) is 3. The van der Waals surface area contributed by atoms with Gasteiger partial charge in [0.2, 0.25) is 0 Å². The molecule has 0 saturated heterocycles. The second-order valence-corrected chi connectivity index (χ2v) is 14.9. The zero-order valence-electron chi connectivity index (χ0n) is 27.1. The lowest BCUT2D eigenvalue weighted by Gasteiger charge is -2.26. The number of fused-ring (bicyclic) bond motifs is 2. The van der Waals surface area contributed by atoms with Gasteiger partial charge in [-0.2, -0.15) is 8.42 Å². The number of carbonyl (C=O) groups is 1. The van der Waals surface area contributed by atoms with Gasteiger partial charge in [0, 0.05) is 46.8 Å². The maximum absolute atomic E-state index is 11.4. The Bertz CT molecular complexity index is 1750. The lowest BCUT2D eigenvalue weighted by Crippen LogP contribution is -2.37. The highest BCUT2D eigenvalue weighted by atomic mass is 32.2. The van der Waals surface area contributed by atoms with Crippen LogP contribution in [0, 0.1) is 0 Å². The van der Waals surface area contributed by atoms with Gasteiger partial charge in [-0.3, -0.25) is 14.7 Å². The third-order valence-corrected chi connectivity index (χ3v) is 10.1. The van der Waals surface area contributed by atoms with E-state index in [0.717, 1.165) is 53.4 Å². The van der Waals surface area contributed by atoms with Gasteiger partial charge in [0.05, 0.1) is 24.1 Å². The number of pyridine rings is 2. The van der Waals surface area contributed by atoms with Crippen molar-refractivity contribution >= 4 is 27.7 Å². The van der Waals surface area contributed by atoms with Crippen molar-refractivity contribution in [1.82, 2.24) is 4.98 Å². The van der Waals surface area contributed by atoms with E-state index in [1.807, 2.05) is 24.3 Å². The molecule has 5 rings (SSSR count). The van der Waals surface area contributed by atoms with Crippen LogP contribution in [-0.4, -0.2) is 47.4 Å². The van der Waals surface area contributed by atoms with Crippen LogP contribution in [0.1, 0.15) is 70.9 Å². The number of aryl methyl sites for hydroxylation is 1. The van der Waals surface area contributed by atoms with E-state index in [9.17, 15) is 17.8 Å². The van der Waals surface area contributed by atoms with Crippen LogP contribution < -0.4 is 14.8 Å². The summed E-state index contributed by atoms with van der Waals surface area (Å²) < 4.78 is 34.5. The van der Waals surface area contributed by atoms with Gasteiger partial charge >= 0.3 is 5.97 Å². The first-order valence-electron chi connectivity index (χ1n) is 16.0. The molecule has 2 aliphatic heterocycles. The van der Waals surface area contributed by atoms with E-state index in [1.165, 1.54) is 5.56 Å². The van der Waals surface area contributed by atoms with Gasteiger partial charge < -0.3 is 10.0 Å². The molecule has 0 amide bonds. The zero-order valence-corrected chi connectivity index (χ0v) is 27.9. The summed E-state index contributed by atoms with van der Waals surface area (Å²) in [5.41, 5.74) is 5.04. The average Bonchev–Trinajstić information content (AvgIpc) is 3.38. The van der Waals surface area contributed by atoms with E-state index in [1.54, 1.807) is 6.20 Å². The molecule has 0 spiro atoms. The zero-order chi connectivity index (χ0) is 33.1. The summed E-state index contributed by atoms with van der Waals surface area (Å²) in [6.45, 7) is 9.99. The predicted molar refractivity (Wildman–Crippen MR) is 181 cm³/mol. The van der Waals surface area contributed by atoms with Crippen LogP contribution in [0.3, 0.4) is 0 Å². The van der Waals surface area contributed by atoms with E-state index in [2.05, 4.69) is 96.2 Å². The van der Waals surface area contributed by atoms with Crippen molar-refractivity contribution in [3.05, 3.63) is 96.0 Å². The van der Waals surface area contributed by atoms with Crippen molar-refractivity contribution in [2.45, 2.75) is 83.2 Å². The Balaban J connectivity index is 1.43. The number of benzene rings is 1. The molecule has 1 atom stereocenters. The fourth-order valence-corrected chi connectivity index (χ4v) is 7.15. The summed E-state index contributed by atoms with van der Waals surface area (Å²) in [6.07, 6.45) is 13.2. The minimum atomic E-state index is -4.06. The third kappa shape index (κ3) is 7.18. The minimum absolute atomic E-state index is 0.00151. The Kier molecular flexibility index (Phi) is 9.70. The maximum atomic E-state index is 11.4. The largest absolute Gasteiger partial charge is 0.481 e. The molecule has 10 heteroatoms. The summed E-state index contributed by atoms with van der Waals surface area (Å²) in [5.74, 6) is 0.829. The van der Waals surface area contributed by atoms with Crippen LogP contribution in [-0.2, 0) is 32.3 Å². The molecular weight excluding hydrogens is 600 g/mol. The van der Waals surface area contributed by atoms with Crippen molar-refractivity contribution in [3.8, 4) is 11.1 Å². The van der Waals surface area contributed by atoms with Crippen LogP contribution in [0.2, 0.25) is 0 Å². The molecule has 0 bridgehead atoms. The topological polar surface area (TPSA) is 124 Å². The number of anilines is 2. The smallest absolute Gasteiger partial charge is 0.303 e. The van der Waals surface area contributed by atoms with E-state index < -0.39 is 16.1 Å². The number of nitrogens with zero attached hydrogens (tertiary/aromatic N) is 3. The Morgan fingerprint density at radius 3 is 2.50 bits per heavy atom. The van der Waals surface area contributed by atoms with Crippen molar-refractivity contribution in [2.75, 3.05) is 22.5 Å². The number of allylic oxidation sites excluding steroid dienone is 3. The van der Waals surface area contributed by atoms with Gasteiger partial charge in [-0.15, -0.1) is 0 Å². The molecule has 2 aromatic heterocycles. The SMILES string of the molecule is CC1(C)/C(=C/C=C/C2Nc3c(cc(-c4ccccc4)c[n+]3CCCCCC(=O)O)C2(C)C)N(CCCS(=O)(=O)O)c2ncccc21. The Hall–Kier alpha value is -4.02. The maximum Gasteiger partial charge on any atom is 0.303 e. The number of rotatable bonds is 13. The first kappa shape index (κ1) is 33.3. The third-order valence-electron chi connectivity index (χ3n) is 9.29. The number of aromatic nitrogens is 2. The Morgan fingerprint density at radius 2 is 1.78 bits per heavy atom. The second kappa shape index (κ2) is 13.4. The van der Waals surface area contributed by atoms with E-state index in [0.29, 0.717) is 13.0 Å². The fraction of sp³-hybridized carbons (Fsp3) is 0.417. The summed E-state index contributed by atoms with van der Waals surface area (Å²) in [6, 6.07) is 16.6. The number of nitrogens with one attached hydrogen (secondary N) is 1. The molecule has 0 radical (unpaired) electrons. The summed E-state index contributed by atoms with van der Waals surface area (Å²) in [4.78, 5) is 17.7. The Morgan fingerprint density at radius 1 is 1.02 bits per heavy atom. The molecule has 1 unspecified atom stereocenters. The molecule has 0 saturated carbocycles. The molecule has 0 aliphatic carbocycles. The Labute approximate surface area is 272 Å². The van der Waals surface area contributed by atoms with E-state index in [4.69, 9.17) is 5.11 Å². The molecular formula is C36H45N4O5S+. The number of unbranched alkanes of at least 4 members (excludes halogenated alkanes) is 2. The van der Waals surface area contributed by atoms with Crippen LogP contribution in [0.25, 0.3) is 11.1 Å². The molecule has 0 fully saturated rings. The van der Waals surface area contributed by atoms with Crippen molar-refractivity contribution in [3.63, 3.8) is 0 Å². The van der Waals surface area contributed by atoms with E-state index in [-0.39, 0.29) is 35.5 Å². The van der Waals surface area contributed by atoms with E-state index >= 15 is 0 Å². The van der Waals surface area contributed by atoms with Crippen molar-refractivity contribution in [1.29, 1.82) is 0 Å². The molecule has 244 valence electrons. The number of carboxylic acids is 1. The lowest BCUT2D eigenvalue weighted by molar-refractivity contribution is -0.683. The quantitative estimate of drug-likeness (QED) is 0.113. The van der Waals surface area contributed by atoms with Crippen LogP contribution in [0.15, 0.2) is 84.8 Å². The van der Waals surface area contributed by atoms with Gasteiger partial charge in [0.1, 0.15) is 11.9 Å². The van der Waals surface area contributed by atoms with Crippen LogP contribution in [0.5, 0.6) is 0 Å². The average molecular weight is 646 g/mol. The fourth-order valence-electron chi connectivity index (χ4n) is 6.66. The van der Waals surface area contributed by atoms with Gasteiger partial charge in [-0.25, -0.2) is 9.55 Å². The van der Waals surface area contributed by atoms with Gasteiger partial charge in [-0.1, -0.05) is 70.2 Å². The molecule has 3 N–H and O–H groups in total. The predicted octanol–water partition coefficient (Wildman–Crippen LogP) is 6.27. The molecule has 9 nitrogen and oxygen atoms in total. The summed E-state index contributed by atoms with van der Waals surface area (Å²) in [5, 5.41) is 12.8. The first-order valence-corrected chi connectivity index (χ1v) is 17.6. The normalized spacial score (nSPS) is 18.9. The number of carboxylic acid groups (broad SMARTS) is 1. The molecule has 3 aromatic rings. The summed E-state index contributed by atoms with van der Waals surface area (Å²) >= 11 is 0. The summed E-state index contributed by atoms with van der Waals surface area (Å²) in [7, 11) is -4.06. The standard InChI is InChI=1S/C36H44N4O5S/c1-35(2)29-24-27(26-14-7-5-8-15-26)25-39(21-10-6-9-19-32(41)42)34(29)38-30(35)17-11-18-31-36(3,4)28-16-12-20-37-33(28)40(31)22-13-23-46(43,44)45/h5,7-8,11-12,14-18,20,24-25,30H,6,9-10,13,19,21-23H2,1-4H3,(H2,41,42,43,44,45)/p+1/b17-11+,31-18-. The second-order valence-electron chi connectivity index (χ2n) is 13.3. The van der Waals surface area contributed by atoms with Crippen LogP contribution >= 0.6 is 0 Å². The van der Waals surface area contributed by atoms with Crippen molar-refractivity contribution in [2.24, 2.45) is 0 Å². The molecule has 2 aliphatic rings. The number of hydrogen-bond acceptors (Lipinski definition) is 6. The van der Waals surface area contributed by atoms with Gasteiger partial charge in [0.25, 0.3) is 15.9 Å². The lowest BCUT2D eigenvalue weighted by atomic mass is 9.80. The monoisotopic (exact) mass is 645 g/mol. The molecule has 4 heterocycles. The highest BCUT2D eigenvalue weighted by molar-refractivity contribution is 7.85. The highest BCUT2D eigenvalue weighted by Gasteiger charge is 2.45. The molecule has 46 heavy (non-hydrogen) atoms. The highest BCUT2D eigenvalue weighted by Crippen LogP contribution is 2.47. The van der Waals surface area contributed by atoms with Gasteiger partial charge in [0.15, 0.2) is 0 Å². The number of aliphatic carboxylic acids is 1. The van der Waals surface area contributed by atoms with Crippen molar-refractivity contribution < 1.29 is 27.4 Å².